The van der Waals surface area contributed by atoms with Gasteiger partial charge >= 0.3 is 0 Å². The molecule has 0 aliphatic heterocycles. The number of aryl methyl sites for hydroxylation is 2. The summed E-state index contributed by atoms with van der Waals surface area (Å²) in [6.07, 6.45) is 26.0. The van der Waals surface area contributed by atoms with Crippen LogP contribution < -0.4 is 4.74 Å². The minimum Gasteiger partial charge on any atom is -0.493 e. The Kier molecular flexibility index (Phi) is 18.6. The van der Waals surface area contributed by atoms with Gasteiger partial charge in [-0.05, 0) is 95.2 Å². The van der Waals surface area contributed by atoms with Crippen LogP contribution in [0.1, 0.15) is 141 Å². The number of hydrogen-bond acceptors (Lipinski definition) is 1. The quantitative estimate of drug-likeness (QED) is 0.0935. The minimum absolute atomic E-state index is 0.756. The number of ether oxygens (including phenoxy) is 1. The lowest BCUT2D eigenvalue weighted by Crippen LogP contribution is -2.05. The maximum atomic E-state index is 6.37. The summed E-state index contributed by atoms with van der Waals surface area (Å²) in [5.41, 5.74) is 7.19. The summed E-state index contributed by atoms with van der Waals surface area (Å²) < 4.78 is 6.37. The Hall–Kier alpha value is -1.50. The molecule has 0 spiro atoms. The normalized spacial score (nSPS) is 13.3. The number of rotatable bonds is 21. The number of benzene rings is 1. The van der Waals surface area contributed by atoms with E-state index in [9.17, 15) is 0 Å². The predicted molar refractivity (Wildman–Crippen MR) is 162 cm³/mol. The molecule has 1 heteroatoms. The molecule has 0 aromatic heterocycles. The molecular weight excluding hydrogens is 436 g/mol. The summed E-state index contributed by atoms with van der Waals surface area (Å²) in [5.74, 6) is 1.93. The molecule has 0 heterocycles. The molecule has 1 nitrogen and oxygen atoms in total. The second-order valence-electron chi connectivity index (χ2n) is 11.3. The third-order valence-corrected chi connectivity index (χ3v) is 7.66. The highest BCUT2D eigenvalue weighted by atomic mass is 16.5. The fraction of sp³-hybridized carbons (Fsp3) is 0.686. The van der Waals surface area contributed by atoms with Crippen molar-refractivity contribution >= 4 is 0 Å². The van der Waals surface area contributed by atoms with Crippen LogP contribution in [0.25, 0.3) is 0 Å². The van der Waals surface area contributed by atoms with Crippen molar-refractivity contribution in [3.05, 3.63) is 58.5 Å². The molecule has 0 amide bonds. The highest BCUT2D eigenvalue weighted by molar-refractivity contribution is 5.45. The third kappa shape index (κ3) is 14.9. The van der Waals surface area contributed by atoms with E-state index in [0.717, 1.165) is 18.9 Å². The van der Waals surface area contributed by atoms with Crippen LogP contribution in [0, 0.1) is 26.2 Å². The van der Waals surface area contributed by atoms with E-state index in [1.807, 2.05) is 0 Å². The predicted octanol–water partition coefficient (Wildman–Crippen LogP) is 11.5. The SMILES string of the molecule is C[CH-]CC/C=C(\C)CC/C=C(\C)CCCC(C)CCc1ccc(C)c(C)c1OCCCCCCCC. The van der Waals surface area contributed by atoms with E-state index in [2.05, 4.69) is 79.2 Å². The monoisotopic (exact) mass is 495 g/mol. The van der Waals surface area contributed by atoms with Gasteiger partial charge in [-0.3, -0.25) is 0 Å². The summed E-state index contributed by atoms with van der Waals surface area (Å²) in [7, 11) is 0. The lowest BCUT2D eigenvalue weighted by atomic mass is 9.93. The molecule has 0 saturated heterocycles. The first-order valence-electron chi connectivity index (χ1n) is 15.2. The second-order valence-corrected chi connectivity index (χ2v) is 11.3. The van der Waals surface area contributed by atoms with Gasteiger partial charge < -0.3 is 11.2 Å². The number of hydrogen-bond donors (Lipinski definition) is 0. The van der Waals surface area contributed by atoms with Gasteiger partial charge in [0.25, 0.3) is 0 Å². The van der Waals surface area contributed by atoms with Gasteiger partial charge in [-0.15, -0.1) is 0 Å². The molecule has 0 saturated carbocycles. The smallest absolute Gasteiger partial charge is 0.125 e. The summed E-state index contributed by atoms with van der Waals surface area (Å²) >= 11 is 0. The highest BCUT2D eigenvalue weighted by Crippen LogP contribution is 2.29. The van der Waals surface area contributed by atoms with E-state index in [1.54, 1.807) is 5.57 Å². The zero-order chi connectivity index (χ0) is 26.6. The molecule has 1 aromatic carbocycles. The van der Waals surface area contributed by atoms with Gasteiger partial charge in [-0.1, -0.05) is 94.2 Å². The first kappa shape index (κ1) is 32.5. The maximum Gasteiger partial charge on any atom is 0.125 e. The lowest BCUT2D eigenvalue weighted by Gasteiger charge is -2.18. The van der Waals surface area contributed by atoms with Crippen molar-refractivity contribution in [2.45, 2.75) is 145 Å². The van der Waals surface area contributed by atoms with Crippen molar-refractivity contribution in [1.82, 2.24) is 0 Å². The zero-order valence-electron chi connectivity index (χ0n) is 25.2. The first-order valence-corrected chi connectivity index (χ1v) is 15.2. The molecule has 1 aromatic rings. The van der Waals surface area contributed by atoms with E-state index in [0.29, 0.717) is 0 Å². The summed E-state index contributed by atoms with van der Waals surface area (Å²) in [4.78, 5) is 0. The van der Waals surface area contributed by atoms with Gasteiger partial charge in [0.15, 0.2) is 0 Å². The Bertz CT molecular complexity index is 754. The van der Waals surface area contributed by atoms with Gasteiger partial charge in [0.05, 0.1) is 6.61 Å². The lowest BCUT2D eigenvalue weighted by molar-refractivity contribution is 0.298. The first-order chi connectivity index (χ1) is 17.4. The van der Waals surface area contributed by atoms with Gasteiger partial charge in [0, 0.05) is 0 Å². The van der Waals surface area contributed by atoms with E-state index in [4.69, 9.17) is 4.74 Å². The fourth-order valence-electron chi connectivity index (χ4n) is 4.82. The van der Waals surface area contributed by atoms with E-state index >= 15 is 0 Å². The molecule has 1 atom stereocenters. The Balaban J connectivity index is 2.39. The standard InChI is InChI=1S/C35H59O/c1-8-10-12-13-14-16-28-36-35-33(7)32(6)25-27-34(35)26-24-31(5)23-18-22-30(4)21-17-20-29(3)19-15-11-9-2/h9,19,21,25,27,31H,8,10-18,20,22-24,26,28H2,1-7H3/q-1/b29-19+,30-21+. The summed E-state index contributed by atoms with van der Waals surface area (Å²) in [6.45, 7) is 16.7. The minimum atomic E-state index is 0.756. The topological polar surface area (TPSA) is 9.23 Å². The van der Waals surface area contributed by atoms with Gasteiger partial charge in [-0.25, -0.2) is 0 Å². The van der Waals surface area contributed by atoms with Gasteiger partial charge in [0.1, 0.15) is 5.75 Å². The molecule has 0 radical (unpaired) electrons. The molecule has 0 fully saturated rings. The summed E-state index contributed by atoms with van der Waals surface area (Å²) in [5, 5.41) is 0. The van der Waals surface area contributed by atoms with Crippen LogP contribution in [-0.4, -0.2) is 6.61 Å². The van der Waals surface area contributed by atoms with Crippen LogP contribution in [-0.2, 0) is 6.42 Å². The molecular formula is C35H59O-. The fourth-order valence-corrected chi connectivity index (χ4v) is 4.82. The van der Waals surface area contributed by atoms with E-state index in [-0.39, 0.29) is 0 Å². The molecule has 0 N–H and O–H groups in total. The highest BCUT2D eigenvalue weighted by Gasteiger charge is 2.12. The second kappa shape index (κ2) is 20.5. The van der Waals surface area contributed by atoms with Gasteiger partial charge in [-0.2, -0.15) is 13.3 Å². The average molecular weight is 496 g/mol. The third-order valence-electron chi connectivity index (χ3n) is 7.66. The molecule has 1 unspecified atom stereocenters. The molecule has 1 rings (SSSR count). The van der Waals surface area contributed by atoms with Crippen LogP contribution >= 0.6 is 0 Å². The van der Waals surface area contributed by atoms with Crippen LogP contribution in [0.15, 0.2) is 35.4 Å². The molecule has 0 aliphatic rings. The Morgan fingerprint density at radius 1 is 0.889 bits per heavy atom. The number of unbranched alkanes of at least 4 members (excludes halogenated alkanes) is 7. The Morgan fingerprint density at radius 2 is 1.58 bits per heavy atom. The van der Waals surface area contributed by atoms with Crippen LogP contribution in [0.2, 0.25) is 0 Å². The molecule has 36 heavy (non-hydrogen) atoms. The summed E-state index contributed by atoms with van der Waals surface area (Å²) in [6, 6.07) is 4.59. The van der Waals surface area contributed by atoms with E-state index < -0.39 is 0 Å². The Morgan fingerprint density at radius 3 is 2.33 bits per heavy atom. The molecule has 0 bridgehead atoms. The number of allylic oxidation sites excluding steroid dienone is 4. The largest absolute Gasteiger partial charge is 0.493 e. The van der Waals surface area contributed by atoms with Gasteiger partial charge in [0.2, 0.25) is 0 Å². The van der Waals surface area contributed by atoms with E-state index in [1.165, 1.54) is 118 Å². The van der Waals surface area contributed by atoms with Crippen molar-refractivity contribution in [3.63, 3.8) is 0 Å². The average Bonchev–Trinajstić information content (AvgIpc) is 2.85. The van der Waals surface area contributed by atoms with Crippen LogP contribution in [0.4, 0.5) is 0 Å². The zero-order valence-corrected chi connectivity index (χ0v) is 25.2. The van der Waals surface area contributed by atoms with Crippen molar-refractivity contribution in [3.8, 4) is 5.75 Å². The van der Waals surface area contributed by atoms with Crippen LogP contribution in [0.5, 0.6) is 5.75 Å². The van der Waals surface area contributed by atoms with Crippen molar-refractivity contribution < 1.29 is 4.74 Å². The van der Waals surface area contributed by atoms with Crippen LogP contribution in [0.3, 0.4) is 0 Å². The molecule has 0 aliphatic carbocycles. The van der Waals surface area contributed by atoms with Crippen molar-refractivity contribution in [2.24, 2.45) is 5.92 Å². The van der Waals surface area contributed by atoms with Crippen molar-refractivity contribution in [1.29, 1.82) is 0 Å². The molecule has 206 valence electrons. The maximum absolute atomic E-state index is 6.37. The van der Waals surface area contributed by atoms with Crippen molar-refractivity contribution in [2.75, 3.05) is 6.61 Å². The Labute approximate surface area is 226 Å².